The Kier molecular flexibility index (Phi) is 9.35. The Labute approximate surface area is 243 Å². The van der Waals surface area contributed by atoms with Crippen LogP contribution in [0.15, 0.2) is 66.7 Å². The number of nitrogens with zero attached hydrogens (tertiary/aromatic N) is 2. The number of amides is 2. The summed E-state index contributed by atoms with van der Waals surface area (Å²) in [7, 11) is -2.35. The van der Waals surface area contributed by atoms with Crippen molar-refractivity contribution in [3.8, 4) is 0 Å². The van der Waals surface area contributed by atoms with E-state index in [4.69, 9.17) is 23.2 Å². The van der Waals surface area contributed by atoms with Crippen molar-refractivity contribution in [2.75, 3.05) is 37.2 Å². The Morgan fingerprint density at radius 2 is 1.55 bits per heavy atom. The summed E-state index contributed by atoms with van der Waals surface area (Å²) in [6.07, 6.45) is 1.11. The number of carbonyl (C=O) groups excluding carboxylic acids is 2. The summed E-state index contributed by atoms with van der Waals surface area (Å²) in [6, 6.07) is 17.7. The van der Waals surface area contributed by atoms with E-state index < -0.39 is 27.8 Å². The molecule has 0 radical (unpaired) electrons. The van der Waals surface area contributed by atoms with Crippen LogP contribution in [-0.2, 0) is 14.8 Å². The SMILES string of the molecule is CNC(=O)CCNC(=O)c1cc(F)cc(N(C2CN(C(c3ccc(Cl)cc3)c3ccc(Cl)cc3)C2)S(C)(=O)=O)c1. The van der Waals surface area contributed by atoms with Crippen LogP contribution in [-0.4, -0.2) is 64.1 Å². The summed E-state index contributed by atoms with van der Waals surface area (Å²) in [5, 5.41) is 6.21. The summed E-state index contributed by atoms with van der Waals surface area (Å²) >= 11 is 12.2. The Morgan fingerprint density at radius 1 is 1.00 bits per heavy atom. The van der Waals surface area contributed by atoms with E-state index in [1.807, 2.05) is 24.3 Å². The van der Waals surface area contributed by atoms with Crippen molar-refractivity contribution in [3.05, 3.63) is 99.3 Å². The summed E-state index contributed by atoms with van der Waals surface area (Å²) < 4.78 is 41.7. The maximum absolute atomic E-state index is 14.6. The van der Waals surface area contributed by atoms with E-state index in [0.29, 0.717) is 23.1 Å². The third kappa shape index (κ3) is 7.11. The average Bonchev–Trinajstić information content (AvgIpc) is 2.88. The van der Waals surface area contributed by atoms with Gasteiger partial charge in [0.2, 0.25) is 15.9 Å². The average molecular weight is 608 g/mol. The van der Waals surface area contributed by atoms with Crippen molar-refractivity contribution in [2.45, 2.75) is 18.5 Å². The highest BCUT2D eigenvalue weighted by atomic mass is 35.5. The maximum atomic E-state index is 14.6. The third-order valence-electron chi connectivity index (χ3n) is 6.63. The lowest BCUT2D eigenvalue weighted by Gasteiger charge is -2.48. The molecule has 2 amide bonds. The first-order chi connectivity index (χ1) is 19.0. The minimum absolute atomic E-state index is 0.0445. The fourth-order valence-corrected chi connectivity index (χ4v) is 6.19. The van der Waals surface area contributed by atoms with Gasteiger partial charge >= 0.3 is 0 Å². The van der Waals surface area contributed by atoms with Crippen LogP contribution in [0.25, 0.3) is 0 Å². The second-order valence-corrected chi connectivity index (χ2v) is 12.3. The van der Waals surface area contributed by atoms with E-state index in [9.17, 15) is 22.4 Å². The normalized spacial score (nSPS) is 14.1. The highest BCUT2D eigenvalue weighted by Gasteiger charge is 2.41. The van der Waals surface area contributed by atoms with Gasteiger partial charge in [0.1, 0.15) is 5.82 Å². The van der Waals surface area contributed by atoms with Gasteiger partial charge in [0.15, 0.2) is 0 Å². The lowest BCUT2D eigenvalue weighted by Crippen LogP contribution is -2.61. The predicted octanol–water partition coefficient (Wildman–Crippen LogP) is 4.24. The van der Waals surface area contributed by atoms with Gasteiger partial charge < -0.3 is 10.6 Å². The van der Waals surface area contributed by atoms with Gasteiger partial charge in [-0.05, 0) is 53.6 Å². The number of sulfonamides is 1. The predicted molar refractivity (Wildman–Crippen MR) is 155 cm³/mol. The Bertz CT molecular complexity index is 1440. The molecule has 0 bridgehead atoms. The summed E-state index contributed by atoms with van der Waals surface area (Å²) in [4.78, 5) is 26.2. The van der Waals surface area contributed by atoms with Crippen LogP contribution in [0.3, 0.4) is 0 Å². The van der Waals surface area contributed by atoms with Gasteiger partial charge in [-0.2, -0.15) is 0 Å². The van der Waals surface area contributed by atoms with Crippen molar-refractivity contribution < 1.29 is 22.4 Å². The van der Waals surface area contributed by atoms with Crippen LogP contribution >= 0.6 is 23.2 Å². The maximum Gasteiger partial charge on any atom is 0.251 e. The first-order valence-corrected chi connectivity index (χ1v) is 15.1. The molecule has 1 heterocycles. The van der Waals surface area contributed by atoms with Gasteiger partial charge in [-0.3, -0.25) is 18.8 Å². The number of carbonyl (C=O) groups is 2. The van der Waals surface area contributed by atoms with Crippen LogP contribution in [0.1, 0.15) is 33.9 Å². The molecule has 1 fully saturated rings. The van der Waals surface area contributed by atoms with E-state index >= 15 is 0 Å². The molecule has 3 aromatic rings. The van der Waals surface area contributed by atoms with Crippen molar-refractivity contribution in [1.82, 2.24) is 15.5 Å². The molecule has 8 nitrogen and oxygen atoms in total. The molecule has 0 atom stereocenters. The number of likely N-dealkylation sites (tertiary alicyclic amines) is 1. The first-order valence-electron chi connectivity index (χ1n) is 12.5. The molecule has 0 aliphatic carbocycles. The van der Waals surface area contributed by atoms with Gasteiger partial charge in [-0.25, -0.2) is 12.8 Å². The molecule has 1 saturated heterocycles. The van der Waals surface area contributed by atoms with E-state index in [1.54, 1.807) is 24.3 Å². The smallest absolute Gasteiger partial charge is 0.251 e. The molecule has 12 heteroatoms. The number of benzene rings is 3. The second-order valence-electron chi connectivity index (χ2n) is 9.55. The number of rotatable bonds is 10. The van der Waals surface area contributed by atoms with E-state index in [1.165, 1.54) is 13.1 Å². The molecule has 212 valence electrons. The van der Waals surface area contributed by atoms with Crippen LogP contribution in [0.5, 0.6) is 0 Å². The minimum atomic E-state index is -3.84. The molecule has 0 spiro atoms. The molecular weight excluding hydrogens is 578 g/mol. The number of anilines is 1. The van der Waals surface area contributed by atoms with Crippen LogP contribution in [0, 0.1) is 5.82 Å². The Hall–Kier alpha value is -3.18. The highest BCUT2D eigenvalue weighted by Crippen LogP contribution is 2.37. The zero-order valence-electron chi connectivity index (χ0n) is 21.9. The fourth-order valence-electron chi connectivity index (χ4n) is 4.77. The van der Waals surface area contributed by atoms with Crippen LogP contribution in [0.4, 0.5) is 10.1 Å². The lowest BCUT2D eigenvalue weighted by molar-refractivity contribution is -0.120. The zero-order valence-corrected chi connectivity index (χ0v) is 24.2. The number of hydrogen-bond acceptors (Lipinski definition) is 5. The number of nitrogens with one attached hydrogen (secondary N) is 2. The molecule has 40 heavy (non-hydrogen) atoms. The van der Waals surface area contributed by atoms with Crippen LogP contribution in [0.2, 0.25) is 10.0 Å². The number of halogens is 3. The quantitative estimate of drug-likeness (QED) is 0.360. The van der Waals surface area contributed by atoms with Gasteiger partial charge in [0, 0.05) is 48.7 Å². The molecule has 1 aliphatic heterocycles. The van der Waals surface area contributed by atoms with Gasteiger partial charge in [0.05, 0.1) is 24.0 Å². The summed E-state index contributed by atoms with van der Waals surface area (Å²) in [5.41, 5.74) is 1.95. The van der Waals surface area contributed by atoms with E-state index in [-0.39, 0.29) is 36.2 Å². The number of hydrogen-bond donors (Lipinski definition) is 2. The Balaban J connectivity index is 1.58. The standard InChI is InChI=1S/C28H29Cl2FN4O4S/c1-32-26(36)11-12-33-28(37)20-13-23(31)15-24(14-20)35(40(2,38)39)25-16-34(17-25)27(18-3-7-21(29)8-4-18)19-5-9-22(30)10-6-19/h3-10,13-15,25,27H,11-12,16-17H2,1-2H3,(H,32,36)(H,33,37). The zero-order chi connectivity index (χ0) is 29.0. The molecule has 0 aromatic heterocycles. The summed E-state index contributed by atoms with van der Waals surface area (Å²) in [5.74, 6) is -1.62. The molecule has 3 aromatic carbocycles. The van der Waals surface area contributed by atoms with Crippen LogP contribution < -0.4 is 14.9 Å². The largest absolute Gasteiger partial charge is 0.359 e. The van der Waals surface area contributed by atoms with Gasteiger partial charge in [-0.1, -0.05) is 47.5 Å². The Morgan fingerprint density at radius 3 is 2.05 bits per heavy atom. The second kappa shape index (κ2) is 12.6. The molecule has 1 aliphatic rings. The molecule has 0 saturated carbocycles. The van der Waals surface area contributed by atoms with E-state index in [2.05, 4.69) is 15.5 Å². The monoisotopic (exact) mass is 606 g/mol. The van der Waals surface area contributed by atoms with Crippen molar-refractivity contribution in [3.63, 3.8) is 0 Å². The first kappa shape index (κ1) is 29.8. The van der Waals surface area contributed by atoms with Gasteiger partial charge in [0.25, 0.3) is 5.91 Å². The van der Waals surface area contributed by atoms with Crippen molar-refractivity contribution in [1.29, 1.82) is 0 Å². The topological polar surface area (TPSA) is 98.8 Å². The molecular formula is C28H29Cl2FN4O4S. The lowest BCUT2D eigenvalue weighted by atomic mass is 9.93. The molecule has 4 rings (SSSR count). The van der Waals surface area contributed by atoms with Gasteiger partial charge in [-0.15, -0.1) is 0 Å². The minimum Gasteiger partial charge on any atom is -0.359 e. The van der Waals surface area contributed by atoms with E-state index in [0.717, 1.165) is 33.8 Å². The summed E-state index contributed by atoms with van der Waals surface area (Å²) in [6.45, 7) is 0.759. The van der Waals surface area contributed by atoms with Crippen molar-refractivity contribution >= 4 is 50.7 Å². The third-order valence-corrected chi connectivity index (χ3v) is 8.36. The molecule has 0 unspecified atom stereocenters. The highest BCUT2D eigenvalue weighted by molar-refractivity contribution is 7.92. The molecule has 2 N–H and O–H groups in total. The fraction of sp³-hybridized carbons (Fsp3) is 0.286. The van der Waals surface area contributed by atoms with Crippen molar-refractivity contribution in [2.24, 2.45) is 0 Å².